The van der Waals surface area contributed by atoms with E-state index in [0.29, 0.717) is 17.0 Å². The molecule has 0 aliphatic heterocycles. The number of terminal acetylenes is 1. The van der Waals surface area contributed by atoms with E-state index in [1.54, 1.807) is 36.4 Å². The van der Waals surface area contributed by atoms with Crippen LogP contribution in [0.2, 0.25) is 5.02 Å². The molecule has 2 rings (SSSR count). The highest BCUT2D eigenvalue weighted by Gasteiger charge is 2.19. The first kappa shape index (κ1) is 20.3. The predicted octanol–water partition coefficient (Wildman–Crippen LogP) is 4.17. The lowest BCUT2D eigenvalue weighted by atomic mass is 10.1. The fourth-order valence-electron chi connectivity index (χ4n) is 2.25. The first-order valence-electron chi connectivity index (χ1n) is 7.99. The minimum Gasteiger partial charge on any atom is -0.261 e. The van der Waals surface area contributed by atoms with E-state index in [-0.39, 0.29) is 11.4 Å². The monoisotopic (exact) mass is 396 g/mol. The molecular formula is C21H17ClN2O2S. The lowest BCUT2D eigenvalue weighted by Gasteiger charge is -2.17. The maximum absolute atomic E-state index is 12.7. The summed E-state index contributed by atoms with van der Waals surface area (Å²) in [5, 5.41) is 9.93. The van der Waals surface area contributed by atoms with Gasteiger partial charge in [0.1, 0.15) is 0 Å². The van der Waals surface area contributed by atoms with Gasteiger partial charge in [-0.15, -0.1) is 6.42 Å². The third kappa shape index (κ3) is 5.76. The number of sulfonamides is 1. The zero-order valence-corrected chi connectivity index (χ0v) is 16.0. The molecule has 0 radical (unpaired) electrons. The molecule has 0 saturated carbocycles. The van der Waals surface area contributed by atoms with Crippen LogP contribution in [0.4, 0.5) is 0 Å². The summed E-state index contributed by atoms with van der Waals surface area (Å²) >= 11 is 5.85. The van der Waals surface area contributed by atoms with Crippen LogP contribution in [0.25, 0.3) is 0 Å². The molecule has 0 spiro atoms. The standard InChI is InChI=1S/C21H17ClN2O2S/c1-2-14-24(27(25,26)21-8-4-3-5-9-21)15-6-7-19(17-23)16-18-10-12-20(22)13-11-18/h1,3-13,15H,14,16H2/b15-6+,19-7+. The molecule has 0 fully saturated rings. The Bertz CT molecular complexity index is 1010. The molecule has 0 N–H and O–H groups in total. The molecule has 0 bridgehead atoms. The van der Waals surface area contributed by atoms with Crippen molar-refractivity contribution in [3.8, 4) is 18.4 Å². The van der Waals surface area contributed by atoms with Gasteiger partial charge < -0.3 is 0 Å². The van der Waals surface area contributed by atoms with Crippen molar-refractivity contribution in [1.82, 2.24) is 4.31 Å². The maximum Gasteiger partial charge on any atom is 0.264 e. The number of halogens is 1. The topological polar surface area (TPSA) is 61.2 Å². The zero-order valence-electron chi connectivity index (χ0n) is 14.4. The first-order valence-corrected chi connectivity index (χ1v) is 9.81. The van der Waals surface area contributed by atoms with Crippen LogP contribution in [0.3, 0.4) is 0 Å². The molecule has 4 nitrogen and oxygen atoms in total. The van der Waals surface area contributed by atoms with Crippen LogP contribution in [-0.2, 0) is 16.4 Å². The normalized spacial score (nSPS) is 11.7. The quantitative estimate of drug-likeness (QED) is 0.401. The zero-order chi connectivity index (χ0) is 19.7. The second-order valence-corrected chi connectivity index (χ2v) is 7.84. The second kappa shape index (κ2) is 9.64. The summed E-state index contributed by atoms with van der Waals surface area (Å²) in [4.78, 5) is 0.149. The second-order valence-electron chi connectivity index (χ2n) is 5.52. The van der Waals surface area contributed by atoms with Crippen molar-refractivity contribution >= 4 is 21.6 Å². The van der Waals surface area contributed by atoms with Crippen LogP contribution in [-0.4, -0.2) is 19.3 Å². The van der Waals surface area contributed by atoms with Crippen LogP contribution in [0.5, 0.6) is 0 Å². The fraction of sp³-hybridized carbons (Fsp3) is 0.0952. The molecule has 2 aromatic rings. The van der Waals surface area contributed by atoms with E-state index in [0.717, 1.165) is 9.87 Å². The van der Waals surface area contributed by atoms with E-state index < -0.39 is 10.0 Å². The van der Waals surface area contributed by atoms with Gasteiger partial charge in [-0.3, -0.25) is 4.31 Å². The molecule has 27 heavy (non-hydrogen) atoms. The van der Waals surface area contributed by atoms with E-state index in [4.69, 9.17) is 18.0 Å². The van der Waals surface area contributed by atoms with Crippen molar-refractivity contribution < 1.29 is 8.42 Å². The van der Waals surface area contributed by atoms with Gasteiger partial charge in [0, 0.05) is 23.2 Å². The number of nitriles is 1. The minimum absolute atomic E-state index is 0.110. The van der Waals surface area contributed by atoms with Crippen LogP contribution in [0, 0.1) is 23.7 Å². The molecule has 0 aromatic heterocycles. The molecule has 6 heteroatoms. The highest BCUT2D eigenvalue weighted by atomic mass is 35.5. The van der Waals surface area contributed by atoms with Gasteiger partial charge in [-0.25, -0.2) is 8.42 Å². The average molecular weight is 397 g/mol. The number of nitrogens with zero attached hydrogens (tertiary/aromatic N) is 2. The van der Waals surface area contributed by atoms with E-state index in [9.17, 15) is 13.7 Å². The molecule has 0 unspecified atom stereocenters. The SMILES string of the molecule is C#CCN(/C=C/C=C(/C#N)Cc1ccc(Cl)cc1)S(=O)(=O)c1ccccc1. The summed E-state index contributed by atoms with van der Waals surface area (Å²) in [6.45, 7) is -0.110. The first-order chi connectivity index (χ1) is 13.0. The van der Waals surface area contributed by atoms with Gasteiger partial charge in [0.25, 0.3) is 10.0 Å². The molecule has 0 saturated heterocycles. The Balaban J connectivity index is 2.20. The summed E-state index contributed by atoms with van der Waals surface area (Å²) in [5.41, 5.74) is 1.41. The summed E-state index contributed by atoms with van der Waals surface area (Å²) in [5.74, 6) is 2.34. The predicted molar refractivity (Wildman–Crippen MR) is 107 cm³/mol. The number of hydrogen-bond donors (Lipinski definition) is 0. The fourth-order valence-corrected chi connectivity index (χ4v) is 3.62. The summed E-state index contributed by atoms with van der Waals surface area (Å²) in [7, 11) is -3.75. The molecule has 136 valence electrons. The van der Waals surface area contributed by atoms with Crippen LogP contribution >= 0.6 is 11.6 Å². The van der Waals surface area contributed by atoms with Crippen molar-refractivity contribution in [2.24, 2.45) is 0 Å². The van der Waals surface area contributed by atoms with Crippen LogP contribution in [0.1, 0.15) is 5.56 Å². The van der Waals surface area contributed by atoms with E-state index >= 15 is 0 Å². The van der Waals surface area contributed by atoms with Gasteiger partial charge in [-0.05, 0) is 42.0 Å². The van der Waals surface area contributed by atoms with Gasteiger partial charge in [0.05, 0.1) is 17.5 Å². The Kier molecular flexibility index (Phi) is 7.25. The third-order valence-electron chi connectivity index (χ3n) is 3.60. The van der Waals surface area contributed by atoms with Gasteiger partial charge in [0.15, 0.2) is 0 Å². The molecule has 2 aromatic carbocycles. The minimum atomic E-state index is -3.75. The highest BCUT2D eigenvalue weighted by Crippen LogP contribution is 2.16. The highest BCUT2D eigenvalue weighted by molar-refractivity contribution is 7.89. The van der Waals surface area contributed by atoms with Crippen molar-refractivity contribution in [3.63, 3.8) is 0 Å². The number of rotatable bonds is 7. The van der Waals surface area contributed by atoms with E-state index in [1.807, 2.05) is 12.1 Å². The maximum atomic E-state index is 12.7. The van der Waals surface area contributed by atoms with E-state index in [2.05, 4.69) is 12.0 Å². The number of benzene rings is 2. The molecule has 0 atom stereocenters. The molecule has 0 aliphatic carbocycles. The van der Waals surface area contributed by atoms with Crippen LogP contribution in [0.15, 0.2) is 83.4 Å². The summed E-state index contributed by atoms with van der Waals surface area (Å²) in [6, 6.07) is 17.3. The van der Waals surface area contributed by atoms with Gasteiger partial charge in [-0.1, -0.05) is 47.9 Å². The Labute approximate surface area is 165 Å². The lowest BCUT2D eigenvalue weighted by molar-refractivity contribution is 0.525. The van der Waals surface area contributed by atoms with Crippen molar-refractivity contribution in [2.45, 2.75) is 11.3 Å². The smallest absolute Gasteiger partial charge is 0.261 e. The summed E-state index contributed by atoms with van der Waals surface area (Å²) < 4.78 is 26.4. The van der Waals surface area contributed by atoms with E-state index in [1.165, 1.54) is 24.4 Å². The summed E-state index contributed by atoms with van der Waals surface area (Å²) in [6.07, 6.45) is 10.2. The Morgan fingerprint density at radius 3 is 2.41 bits per heavy atom. The Morgan fingerprint density at radius 2 is 1.81 bits per heavy atom. The Hall–Kier alpha value is -2.99. The average Bonchev–Trinajstić information content (AvgIpc) is 2.68. The largest absolute Gasteiger partial charge is 0.264 e. The third-order valence-corrected chi connectivity index (χ3v) is 5.59. The molecule has 0 aliphatic rings. The molecule has 0 heterocycles. The lowest BCUT2D eigenvalue weighted by Crippen LogP contribution is -2.26. The van der Waals surface area contributed by atoms with Crippen molar-refractivity contribution in [1.29, 1.82) is 5.26 Å². The van der Waals surface area contributed by atoms with Crippen molar-refractivity contribution in [2.75, 3.05) is 6.54 Å². The molecular weight excluding hydrogens is 380 g/mol. The Morgan fingerprint density at radius 1 is 1.15 bits per heavy atom. The van der Waals surface area contributed by atoms with Gasteiger partial charge >= 0.3 is 0 Å². The van der Waals surface area contributed by atoms with Gasteiger partial charge in [0.2, 0.25) is 0 Å². The number of hydrogen-bond acceptors (Lipinski definition) is 3. The van der Waals surface area contributed by atoms with Crippen LogP contribution < -0.4 is 0 Å². The van der Waals surface area contributed by atoms with Crippen molar-refractivity contribution in [3.05, 3.63) is 89.1 Å². The molecule has 0 amide bonds. The number of allylic oxidation sites excluding steroid dienone is 3. The van der Waals surface area contributed by atoms with Gasteiger partial charge in [-0.2, -0.15) is 5.26 Å².